The lowest BCUT2D eigenvalue weighted by Gasteiger charge is -2.37. The van der Waals surface area contributed by atoms with Gasteiger partial charge >= 0.3 is 12.1 Å². The second-order valence-electron chi connectivity index (χ2n) is 8.72. The molecule has 0 unspecified atom stereocenters. The fourth-order valence-electron chi connectivity index (χ4n) is 4.94. The number of nitrogens with one attached hydrogen (secondary N) is 1. The van der Waals surface area contributed by atoms with Gasteiger partial charge in [-0.25, -0.2) is 4.79 Å². The molecule has 0 aromatic heterocycles. The van der Waals surface area contributed by atoms with Crippen molar-refractivity contribution in [2.75, 3.05) is 32.9 Å². The summed E-state index contributed by atoms with van der Waals surface area (Å²) in [7, 11) is 0. The van der Waals surface area contributed by atoms with Crippen LogP contribution in [0.5, 0.6) is 0 Å². The molecule has 2 aliphatic rings. The van der Waals surface area contributed by atoms with Gasteiger partial charge in [-0.15, -0.1) is 0 Å². The molecule has 0 radical (unpaired) electrons. The summed E-state index contributed by atoms with van der Waals surface area (Å²) in [5.74, 6) is -1.67. The largest absolute Gasteiger partial charge is 0.481 e. The molecule has 2 aromatic rings. The van der Waals surface area contributed by atoms with E-state index in [0.29, 0.717) is 19.4 Å². The molecular formula is C26H30N2O6. The first-order valence-corrected chi connectivity index (χ1v) is 11.7. The number of rotatable bonds is 8. The minimum absolute atomic E-state index is 0.00631. The van der Waals surface area contributed by atoms with Crippen LogP contribution in [-0.2, 0) is 19.1 Å². The van der Waals surface area contributed by atoms with E-state index in [0.717, 1.165) is 11.1 Å². The summed E-state index contributed by atoms with van der Waals surface area (Å²) < 4.78 is 10.9. The maximum Gasteiger partial charge on any atom is 0.407 e. The highest BCUT2D eigenvalue weighted by Crippen LogP contribution is 2.44. The first-order chi connectivity index (χ1) is 16.5. The molecule has 0 spiro atoms. The van der Waals surface area contributed by atoms with Crippen molar-refractivity contribution in [3.8, 4) is 11.1 Å². The Balaban J connectivity index is 1.18. The number of carboxylic acids is 1. The number of benzene rings is 2. The molecule has 8 nitrogen and oxygen atoms in total. The summed E-state index contributed by atoms with van der Waals surface area (Å²) in [4.78, 5) is 37.5. The van der Waals surface area contributed by atoms with Crippen molar-refractivity contribution in [2.24, 2.45) is 5.92 Å². The maximum atomic E-state index is 12.4. The van der Waals surface area contributed by atoms with E-state index in [1.54, 1.807) is 11.8 Å². The number of fused-ring (bicyclic) bond motifs is 3. The Morgan fingerprint density at radius 1 is 1.06 bits per heavy atom. The van der Waals surface area contributed by atoms with Gasteiger partial charge in [0.2, 0.25) is 5.91 Å². The molecule has 4 rings (SSSR count). The quantitative estimate of drug-likeness (QED) is 0.579. The van der Waals surface area contributed by atoms with E-state index in [2.05, 4.69) is 29.6 Å². The Hall–Kier alpha value is -3.39. The number of ether oxygens (including phenoxy) is 2. The van der Waals surface area contributed by atoms with Crippen molar-refractivity contribution in [2.45, 2.75) is 31.7 Å². The number of carboxylic acid groups (broad SMARTS) is 1. The van der Waals surface area contributed by atoms with E-state index in [4.69, 9.17) is 9.47 Å². The number of piperidine rings is 1. The van der Waals surface area contributed by atoms with E-state index in [1.165, 1.54) is 11.1 Å². The Morgan fingerprint density at radius 2 is 1.71 bits per heavy atom. The topological polar surface area (TPSA) is 105 Å². The van der Waals surface area contributed by atoms with E-state index in [1.807, 2.05) is 24.3 Å². The number of likely N-dealkylation sites (tertiary alicyclic amines) is 1. The molecule has 180 valence electrons. The molecule has 1 aliphatic heterocycles. The summed E-state index contributed by atoms with van der Waals surface area (Å²) in [5, 5.41) is 11.9. The number of nitrogens with zero attached hydrogens (tertiary/aromatic N) is 1. The van der Waals surface area contributed by atoms with Crippen molar-refractivity contribution in [1.82, 2.24) is 10.2 Å². The molecule has 1 aliphatic carbocycles. The Labute approximate surface area is 198 Å². The summed E-state index contributed by atoms with van der Waals surface area (Å²) in [5.41, 5.74) is 4.64. The third kappa shape index (κ3) is 5.07. The van der Waals surface area contributed by atoms with Gasteiger partial charge in [-0.1, -0.05) is 48.5 Å². The van der Waals surface area contributed by atoms with Gasteiger partial charge in [0.15, 0.2) is 0 Å². The lowest BCUT2D eigenvalue weighted by atomic mass is 9.90. The molecule has 34 heavy (non-hydrogen) atoms. The van der Waals surface area contributed by atoms with Gasteiger partial charge in [0.05, 0.1) is 12.5 Å². The van der Waals surface area contributed by atoms with Gasteiger partial charge in [-0.2, -0.15) is 0 Å². The molecule has 2 atom stereocenters. The first-order valence-electron chi connectivity index (χ1n) is 11.7. The third-order valence-electron chi connectivity index (χ3n) is 6.71. The molecule has 0 saturated carbocycles. The average molecular weight is 467 g/mol. The van der Waals surface area contributed by atoms with Crippen LogP contribution < -0.4 is 5.32 Å². The fraction of sp³-hybridized carbons (Fsp3) is 0.423. The minimum Gasteiger partial charge on any atom is -0.481 e. The highest BCUT2D eigenvalue weighted by molar-refractivity contribution is 5.80. The lowest BCUT2D eigenvalue weighted by molar-refractivity contribution is -0.150. The van der Waals surface area contributed by atoms with Crippen LogP contribution in [0, 0.1) is 5.92 Å². The van der Waals surface area contributed by atoms with Gasteiger partial charge in [-0.05, 0) is 42.0 Å². The molecule has 8 heteroatoms. The number of carbonyl (C=O) groups excluding carboxylic acids is 2. The van der Waals surface area contributed by atoms with Crippen LogP contribution in [0.25, 0.3) is 11.1 Å². The van der Waals surface area contributed by atoms with Crippen LogP contribution >= 0.6 is 0 Å². The second kappa shape index (κ2) is 10.7. The smallest absolute Gasteiger partial charge is 0.407 e. The molecule has 1 heterocycles. The predicted octanol–water partition coefficient (Wildman–Crippen LogP) is 3.25. The van der Waals surface area contributed by atoms with Crippen molar-refractivity contribution in [3.05, 3.63) is 59.7 Å². The van der Waals surface area contributed by atoms with Crippen LogP contribution in [0.4, 0.5) is 4.79 Å². The fourth-order valence-corrected chi connectivity index (χ4v) is 4.94. The van der Waals surface area contributed by atoms with Crippen molar-refractivity contribution >= 4 is 18.0 Å². The molecule has 1 fully saturated rings. The number of alkyl carbamates (subject to hydrolysis) is 1. The Morgan fingerprint density at radius 3 is 2.35 bits per heavy atom. The Bertz CT molecular complexity index is 1010. The zero-order chi connectivity index (χ0) is 24.1. The first kappa shape index (κ1) is 23.8. The summed E-state index contributed by atoms with van der Waals surface area (Å²) in [6.45, 7) is 2.73. The predicted molar refractivity (Wildman–Crippen MR) is 125 cm³/mol. The molecular weight excluding hydrogens is 436 g/mol. The monoisotopic (exact) mass is 466 g/mol. The number of hydrogen-bond donors (Lipinski definition) is 2. The molecule has 2 N–H and O–H groups in total. The normalized spacial score (nSPS) is 19.3. The Kier molecular flexibility index (Phi) is 7.47. The number of carbonyl (C=O) groups is 3. The third-order valence-corrected chi connectivity index (χ3v) is 6.71. The van der Waals surface area contributed by atoms with Crippen LogP contribution in [-0.4, -0.2) is 66.9 Å². The van der Waals surface area contributed by atoms with E-state index >= 15 is 0 Å². The number of aliphatic carboxylic acids is 1. The zero-order valence-corrected chi connectivity index (χ0v) is 19.2. The van der Waals surface area contributed by atoms with Gasteiger partial charge in [-0.3, -0.25) is 9.59 Å². The number of hydrogen-bond acceptors (Lipinski definition) is 5. The maximum absolute atomic E-state index is 12.4. The second-order valence-corrected chi connectivity index (χ2v) is 8.72. The van der Waals surface area contributed by atoms with E-state index in [-0.39, 0.29) is 44.2 Å². The van der Waals surface area contributed by atoms with Crippen molar-refractivity contribution < 1.29 is 29.0 Å². The van der Waals surface area contributed by atoms with Crippen LogP contribution in [0.2, 0.25) is 0 Å². The van der Waals surface area contributed by atoms with Gasteiger partial charge in [0.1, 0.15) is 13.2 Å². The van der Waals surface area contributed by atoms with Gasteiger partial charge in [0.25, 0.3) is 0 Å². The minimum atomic E-state index is -0.877. The summed E-state index contributed by atoms with van der Waals surface area (Å²) >= 11 is 0. The van der Waals surface area contributed by atoms with Crippen LogP contribution in [0.15, 0.2) is 48.5 Å². The molecule has 2 aromatic carbocycles. The van der Waals surface area contributed by atoms with Gasteiger partial charge in [0, 0.05) is 25.0 Å². The highest BCUT2D eigenvalue weighted by atomic mass is 16.5. The van der Waals surface area contributed by atoms with Crippen molar-refractivity contribution in [3.63, 3.8) is 0 Å². The molecule has 2 amide bonds. The molecule has 0 bridgehead atoms. The standard InChI is InChI=1S/C26H30N2O6/c1-17-18(25(30)31)11-6-13-28(17)24(29)16-33-14-12-27-26(32)34-15-23-21-9-4-2-7-19(21)20-8-3-5-10-22(20)23/h2-5,7-10,17-18,23H,6,11-16H2,1H3,(H,27,32)(H,30,31)/t17-,18-/m1/s1. The summed E-state index contributed by atoms with van der Waals surface area (Å²) in [6.07, 6.45) is 0.701. The molecule has 1 saturated heterocycles. The zero-order valence-electron chi connectivity index (χ0n) is 19.2. The SMILES string of the molecule is C[C@@H]1[C@H](C(=O)O)CCCN1C(=O)COCCNC(=O)OCC1c2ccccc2-c2ccccc21. The average Bonchev–Trinajstić information content (AvgIpc) is 3.16. The van der Waals surface area contributed by atoms with Crippen molar-refractivity contribution in [1.29, 1.82) is 0 Å². The van der Waals surface area contributed by atoms with Crippen LogP contribution in [0.1, 0.15) is 36.8 Å². The summed E-state index contributed by atoms with van der Waals surface area (Å²) in [6, 6.07) is 15.9. The van der Waals surface area contributed by atoms with Crippen LogP contribution in [0.3, 0.4) is 0 Å². The lowest BCUT2D eigenvalue weighted by Crippen LogP contribution is -2.50. The van der Waals surface area contributed by atoms with E-state index in [9.17, 15) is 19.5 Å². The number of amides is 2. The van der Waals surface area contributed by atoms with E-state index < -0.39 is 18.0 Å². The highest BCUT2D eigenvalue weighted by Gasteiger charge is 2.35. The van der Waals surface area contributed by atoms with Gasteiger partial charge < -0.3 is 24.8 Å².